The van der Waals surface area contributed by atoms with Gasteiger partial charge in [-0.3, -0.25) is 4.90 Å². The topological polar surface area (TPSA) is 32.8 Å². The normalized spacial score (nSPS) is 18.5. The highest BCUT2D eigenvalue weighted by atomic mass is 35.5. The summed E-state index contributed by atoms with van der Waals surface area (Å²) in [5.41, 5.74) is 0.791. The maximum atomic E-state index is 12.3. The second-order valence-electron chi connectivity index (χ2n) is 7.76. The van der Waals surface area contributed by atoms with E-state index in [2.05, 4.69) is 30.9 Å². The van der Waals surface area contributed by atoms with Crippen LogP contribution in [0.1, 0.15) is 46.6 Å². The summed E-state index contributed by atoms with van der Waals surface area (Å²) in [5, 5.41) is 0.756. The standard InChI is InChI=1S/C19H29ClN2O2/c1-14(2)22(12-15-6-8-16(20)9-7-15)17-10-11-21(13-17)18(23)24-19(3,4)5/h6-9,14,17H,10-13H2,1-5H3/t17-/m1/s1. The van der Waals surface area contributed by atoms with Crippen LogP contribution in [-0.4, -0.2) is 46.7 Å². The molecule has 0 spiro atoms. The van der Waals surface area contributed by atoms with Gasteiger partial charge < -0.3 is 9.64 Å². The first-order valence-corrected chi connectivity index (χ1v) is 9.01. The molecule has 0 radical (unpaired) electrons. The van der Waals surface area contributed by atoms with Gasteiger partial charge in [0.15, 0.2) is 0 Å². The van der Waals surface area contributed by atoms with Crippen molar-refractivity contribution in [2.75, 3.05) is 13.1 Å². The molecule has 0 bridgehead atoms. The summed E-state index contributed by atoms with van der Waals surface area (Å²) >= 11 is 5.97. The quantitative estimate of drug-likeness (QED) is 0.796. The van der Waals surface area contributed by atoms with E-state index in [4.69, 9.17) is 16.3 Å². The molecule has 1 aliphatic rings. The number of likely N-dealkylation sites (tertiary alicyclic amines) is 1. The summed E-state index contributed by atoms with van der Waals surface area (Å²) in [4.78, 5) is 16.5. The van der Waals surface area contributed by atoms with E-state index in [0.29, 0.717) is 12.1 Å². The molecule has 1 aliphatic heterocycles. The number of halogens is 1. The maximum Gasteiger partial charge on any atom is 0.410 e. The van der Waals surface area contributed by atoms with E-state index in [1.54, 1.807) is 0 Å². The van der Waals surface area contributed by atoms with Gasteiger partial charge in [-0.15, -0.1) is 0 Å². The minimum atomic E-state index is -0.448. The van der Waals surface area contributed by atoms with Gasteiger partial charge in [-0.2, -0.15) is 0 Å². The molecule has 1 atom stereocenters. The average Bonchev–Trinajstić information content (AvgIpc) is 2.94. The van der Waals surface area contributed by atoms with Crippen LogP contribution in [0.2, 0.25) is 5.02 Å². The van der Waals surface area contributed by atoms with E-state index in [1.165, 1.54) is 5.56 Å². The molecule has 134 valence electrons. The first-order chi connectivity index (χ1) is 11.2. The Hall–Kier alpha value is -1.26. The second-order valence-corrected chi connectivity index (χ2v) is 8.20. The molecule has 1 saturated heterocycles. The van der Waals surface area contributed by atoms with Gasteiger partial charge in [0.2, 0.25) is 0 Å². The summed E-state index contributed by atoms with van der Waals surface area (Å²) in [5.74, 6) is 0. The summed E-state index contributed by atoms with van der Waals surface area (Å²) in [6.07, 6.45) is 0.769. The van der Waals surface area contributed by atoms with Crippen LogP contribution in [0.4, 0.5) is 4.79 Å². The van der Waals surface area contributed by atoms with Crippen LogP contribution < -0.4 is 0 Å². The third kappa shape index (κ3) is 5.38. The Morgan fingerprint density at radius 3 is 2.50 bits per heavy atom. The lowest BCUT2D eigenvalue weighted by Gasteiger charge is -2.33. The van der Waals surface area contributed by atoms with E-state index < -0.39 is 5.60 Å². The highest BCUT2D eigenvalue weighted by molar-refractivity contribution is 6.30. The number of rotatable bonds is 4. The molecule has 1 aromatic carbocycles. The van der Waals surface area contributed by atoms with Gasteiger partial charge in [-0.05, 0) is 58.7 Å². The zero-order valence-corrected chi connectivity index (χ0v) is 16.1. The van der Waals surface area contributed by atoms with Gasteiger partial charge in [0.25, 0.3) is 0 Å². The fourth-order valence-corrected chi connectivity index (χ4v) is 3.16. The average molecular weight is 353 g/mol. The molecule has 0 unspecified atom stereocenters. The Morgan fingerprint density at radius 2 is 1.96 bits per heavy atom. The van der Waals surface area contributed by atoms with Crippen molar-refractivity contribution in [3.8, 4) is 0 Å². The smallest absolute Gasteiger partial charge is 0.410 e. The van der Waals surface area contributed by atoms with E-state index >= 15 is 0 Å². The lowest BCUT2D eigenvalue weighted by Crippen LogP contribution is -2.43. The summed E-state index contributed by atoms with van der Waals surface area (Å²) in [6.45, 7) is 12.4. The van der Waals surface area contributed by atoms with Gasteiger partial charge >= 0.3 is 6.09 Å². The van der Waals surface area contributed by atoms with Crippen LogP contribution in [0.5, 0.6) is 0 Å². The second kappa shape index (κ2) is 7.75. The molecule has 24 heavy (non-hydrogen) atoms. The fourth-order valence-electron chi connectivity index (χ4n) is 3.04. The molecular formula is C19H29ClN2O2. The molecule has 1 amide bonds. The van der Waals surface area contributed by atoms with E-state index in [1.807, 2.05) is 37.8 Å². The van der Waals surface area contributed by atoms with Gasteiger partial charge in [0, 0.05) is 36.7 Å². The van der Waals surface area contributed by atoms with Crippen molar-refractivity contribution >= 4 is 17.7 Å². The SMILES string of the molecule is CC(C)N(Cc1ccc(Cl)cc1)[C@@H]1CCN(C(=O)OC(C)(C)C)C1. The number of amides is 1. The summed E-state index contributed by atoms with van der Waals surface area (Å²) < 4.78 is 5.50. The van der Waals surface area contributed by atoms with Crippen molar-refractivity contribution in [3.63, 3.8) is 0 Å². The Morgan fingerprint density at radius 1 is 1.33 bits per heavy atom. The molecule has 0 saturated carbocycles. The Bertz CT molecular complexity index is 551. The molecule has 0 N–H and O–H groups in total. The lowest BCUT2D eigenvalue weighted by atomic mass is 10.1. The maximum absolute atomic E-state index is 12.3. The largest absolute Gasteiger partial charge is 0.444 e. The Balaban J connectivity index is 1.99. The van der Waals surface area contributed by atoms with Crippen LogP contribution in [-0.2, 0) is 11.3 Å². The van der Waals surface area contributed by atoms with Crippen LogP contribution in [0, 0.1) is 0 Å². The van der Waals surface area contributed by atoms with E-state index in [9.17, 15) is 4.79 Å². The van der Waals surface area contributed by atoms with Crippen molar-refractivity contribution in [1.82, 2.24) is 9.80 Å². The number of nitrogens with zero attached hydrogens (tertiary/aromatic N) is 2. The first kappa shape index (κ1) is 19.1. The number of benzene rings is 1. The van der Waals surface area contributed by atoms with E-state index in [-0.39, 0.29) is 6.09 Å². The summed E-state index contributed by atoms with van der Waals surface area (Å²) in [7, 11) is 0. The Labute approximate surface area is 150 Å². The van der Waals surface area contributed by atoms with Gasteiger partial charge in [-0.1, -0.05) is 23.7 Å². The van der Waals surface area contributed by atoms with Crippen molar-refractivity contribution in [2.24, 2.45) is 0 Å². The monoisotopic (exact) mass is 352 g/mol. The van der Waals surface area contributed by atoms with Crippen molar-refractivity contribution in [2.45, 2.75) is 65.3 Å². The lowest BCUT2D eigenvalue weighted by molar-refractivity contribution is 0.0273. The Kier molecular flexibility index (Phi) is 6.16. The molecule has 1 aromatic rings. The van der Waals surface area contributed by atoms with Crippen molar-refractivity contribution < 1.29 is 9.53 Å². The van der Waals surface area contributed by atoms with Crippen LogP contribution in [0.3, 0.4) is 0 Å². The van der Waals surface area contributed by atoms with Crippen molar-refractivity contribution in [3.05, 3.63) is 34.9 Å². The number of hydrogen-bond acceptors (Lipinski definition) is 3. The minimum Gasteiger partial charge on any atom is -0.444 e. The van der Waals surface area contributed by atoms with E-state index in [0.717, 1.165) is 31.1 Å². The number of hydrogen-bond donors (Lipinski definition) is 0. The molecule has 2 rings (SSSR count). The third-order valence-electron chi connectivity index (χ3n) is 4.23. The van der Waals surface area contributed by atoms with Gasteiger partial charge in [0.1, 0.15) is 5.60 Å². The summed E-state index contributed by atoms with van der Waals surface area (Å²) in [6, 6.07) is 8.75. The fraction of sp³-hybridized carbons (Fsp3) is 0.632. The van der Waals surface area contributed by atoms with Gasteiger partial charge in [-0.25, -0.2) is 4.79 Å². The zero-order valence-electron chi connectivity index (χ0n) is 15.4. The number of ether oxygens (including phenoxy) is 1. The van der Waals surface area contributed by atoms with Crippen LogP contribution >= 0.6 is 11.6 Å². The first-order valence-electron chi connectivity index (χ1n) is 8.64. The molecule has 1 fully saturated rings. The molecule has 5 heteroatoms. The highest BCUT2D eigenvalue weighted by Gasteiger charge is 2.33. The molecular weight excluding hydrogens is 324 g/mol. The predicted octanol–water partition coefficient (Wildman–Crippen LogP) is 4.56. The van der Waals surface area contributed by atoms with Crippen molar-refractivity contribution in [1.29, 1.82) is 0 Å². The van der Waals surface area contributed by atoms with Crippen LogP contribution in [0.15, 0.2) is 24.3 Å². The molecule has 0 aromatic heterocycles. The molecule has 1 heterocycles. The highest BCUT2D eigenvalue weighted by Crippen LogP contribution is 2.23. The molecule has 4 nitrogen and oxygen atoms in total. The number of carbonyl (C=O) groups is 1. The molecule has 0 aliphatic carbocycles. The predicted molar refractivity (Wildman–Crippen MR) is 98.3 cm³/mol. The minimum absolute atomic E-state index is 0.208. The zero-order chi connectivity index (χ0) is 17.9. The van der Waals surface area contributed by atoms with Gasteiger partial charge in [0.05, 0.1) is 0 Å². The third-order valence-corrected chi connectivity index (χ3v) is 4.48. The van der Waals surface area contributed by atoms with Crippen LogP contribution in [0.25, 0.3) is 0 Å². The number of carbonyl (C=O) groups excluding carboxylic acids is 1.